The van der Waals surface area contributed by atoms with Gasteiger partial charge in [-0.15, -0.1) is 0 Å². The predicted molar refractivity (Wildman–Crippen MR) is 36.8 cm³/mol. The van der Waals surface area contributed by atoms with Gasteiger partial charge in [0.1, 0.15) is 0 Å². The molecule has 0 unspecified atom stereocenters. The summed E-state index contributed by atoms with van der Waals surface area (Å²) in [6.07, 6.45) is 0. The molecule has 0 aromatic heterocycles. The molecule has 0 bridgehead atoms. The molecule has 52 valence electrons. The van der Waals surface area contributed by atoms with Crippen molar-refractivity contribution < 1.29 is 9.53 Å². The smallest absolute Gasteiger partial charge is 0.278 e. The Hall–Kier alpha value is -0.220. The first-order chi connectivity index (χ1) is 4.30. The molecule has 0 saturated carbocycles. The standard InChI is InChI=1S/C5H9NO2S/c7-5(9)6-1-3-8-4-2-6/h1-4H2,(H,7,9). The largest absolute Gasteiger partial charge is 0.378 e. The van der Waals surface area contributed by atoms with E-state index in [0.717, 1.165) is 0 Å². The zero-order valence-electron chi connectivity index (χ0n) is 5.04. The first kappa shape index (κ1) is 6.89. The highest BCUT2D eigenvalue weighted by atomic mass is 32.1. The van der Waals surface area contributed by atoms with Crippen LogP contribution in [0.2, 0.25) is 0 Å². The van der Waals surface area contributed by atoms with Crippen LogP contribution in [0.3, 0.4) is 0 Å². The Bertz CT molecular complexity index is 112. The van der Waals surface area contributed by atoms with E-state index in [2.05, 4.69) is 12.6 Å². The normalized spacial score (nSPS) is 19.9. The molecule has 0 aromatic carbocycles. The lowest BCUT2D eigenvalue weighted by molar-refractivity contribution is 0.0594. The molecule has 0 radical (unpaired) electrons. The van der Waals surface area contributed by atoms with E-state index in [-0.39, 0.29) is 5.24 Å². The molecule has 1 heterocycles. The van der Waals surface area contributed by atoms with E-state index in [1.54, 1.807) is 4.90 Å². The number of carbonyl (C=O) groups is 1. The summed E-state index contributed by atoms with van der Waals surface area (Å²) in [4.78, 5) is 12.2. The minimum atomic E-state index is -0.154. The van der Waals surface area contributed by atoms with Crippen LogP contribution in [0.15, 0.2) is 0 Å². The third-order valence-electron chi connectivity index (χ3n) is 1.28. The van der Waals surface area contributed by atoms with Gasteiger partial charge in [0.05, 0.1) is 13.2 Å². The summed E-state index contributed by atoms with van der Waals surface area (Å²) in [6.45, 7) is 2.66. The average molecular weight is 147 g/mol. The van der Waals surface area contributed by atoms with Crippen LogP contribution in [0.1, 0.15) is 0 Å². The van der Waals surface area contributed by atoms with Crippen molar-refractivity contribution in [2.24, 2.45) is 0 Å². The fraction of sp³-hybridized carbons (Fsp3) is 0.800. The van der Waals surface area contributed by atoms with Crippen LogP contribution in [-0.2, 0) is 4.74 Å². The molecule has 0 aromatic rings. The molecule has 0 N–H and O–H groups in total. The Morgan fingerprint density at radius 3 is 2.33 bits per heavy atom. The molecule has 1 amide bonds. The van der Waals surface area contributed by atoms with Crippen LogP contribution < -0.4 is 0 Å². The molecule has 1 fully saturated rings. The lowest BCUT2D eigenvalue weighted by Gasteiger charge is -2.24. The summed E-state index contributed by atoms with van der Waals surface area (Å²) in [7, 11) is 0. The minimum absolute atomic E-state index is 0.154. The summed E-state index contributed by atoms with van der Waals surface area (Å²) in [5.41, 5.74) is 0. The molecule has 0 atom stereocenters. The first-order valence-electron chi connectivity index (χ1n) is 2.86. The van der Waals surface area contributed by atoms with Gasteiger partial charge in [0.25, 0.3) is 5.24 Å². The molecule has 3 nitrogen and oxygen atoms in total. The maximum Gasteiger partial charge on any atom is 0.278 e. The number of nitrogens with zero attached hydrogens (tertiary/aromatic N) is 1. The Labute approximate surface area is 59.4 Å². The molecule has 9 heavy (non-hydrogen) atoms. The van der Waals surface area contributed by atoms with Crippen molar-refractivity contribution in [1.29, 1.82) is 0 Å². The zero-order valence-corrected chi connectivity index (χ0v) is 5.93. The third kappa shape index (κ3) is 1.87. The van der Waals surface area contributed by atoms with Gasteiger partial charge >= 0.3 is 0 Å². The van der Waals surface area contributed by atoms with E-state index in [4.69, 9.17) is 4.74 Å². The maximum atomic E-state index is 10.5. The van der Waals surface area contributed by atoms with Gasteiger partial charge in [-0.25, -0.2) is 0 Å². The van der Waals surface area contributed by atoms with Gasteiger partial charge in [0.15, 0.2) is 0 Å². The van der Waals surface area contributed by atoms with Crippen molar-refractivity contribution in [1.82, 2.24) is 4.90 Å². The summed E-state index contributed by atoms with van der Waals surface area (Å²) < 4.78 is 5.02. The summed E-state index contributed by atoms with van der Waals surface area (Å²) in [5, 5.41) is -0.154. The third-order valence-corrected chi connectivity index (χ3v) is 1.56. The highest BCUT2D eigenvalue weighted by Crippen LogP contribution is 1.99. The lowest BCUT2D eigenvalue weighted by Crippen LogP contribution is -2.37. The van der Waals surface area contributed by atoms with E-state index < -0.39 is 0 Å². The predicted octanol–water partition coefficient (Wildman–Crippen LogP) is 0.368. The molecule has 0 aliphatic carbocycles. The van der Waals surface area contributed by atoms with E-state index in [1.807, 2.05) is 0 Å². The zero-order chi connectivity index (χ0) is 6.69. The minimum Gasteiger partial charge on any atom is -0.378 e. The molecular weight excluding hydrogens is 138 g/mol. The average Bonchev–Trinajstić information content (AvgIpc) is 1.90. The molecule has 1 aliphatic rings. The van der Waals surface area contributed by atoms with Crippen LogP contribution >= 0.6 is 12.6 Å². The fourth-order valence-electron chi connectivity index (χ4n) is 0.755. The molecular formula is C5H9NO2S. The number of thiol groups is 1. The monoisotopic (exact) mass is 147 g/mol. The van der Waals surface area contributed by atoms with Crippen LogP contribution in [0, 0.1) is 0 Å². The molecule has 1 rings (SSSR count). The van der Waals surface area contributed by atoms with Crippen LogP contribution in [-0.4, -0.2) is 36.4 Å². The van der Waals surface area contributed by atoms with Crippen LogP contribution in [0.5, 0.6) is 0 Å². The van der Waals surface area contributed by atoms with Crippen LogP contribution in [0.4, 0.5) is 4.79 Å². The van der Waals surface area contributed by atoms with Crippen molar-refractivity contribution in [3.63, 3.8) is 0 Å². The van der Waals surface area contributed by atoms with Crippen molar-refractivity contribution in [3.8, 4) is 0 Å². The quantitative estimate of drug-likeness (QED) is 0.502. The lowest BCUT2D eigenvalue weighted by atomic mass is 10.5. The number of hydrogen-bond acceptors (Lipinski definition) is 2. The number of ether oxygens (including phenoxy) is 1. The van der Waals surface area contributed by atoms with Crippen molar-refractivity contribution in [2.45, 2.75) is 0 Å². The second kappa shape index (κ2) is 3.08. The highest BCUT2D eigenvalue weighted by molar-refractivity contribution is 7.96. The van der Waals surface area contributed by atoms with Crippen molar-refractivity contribution in [3.05, 3.63) is 0 Å². The fourth-order valence-corrected chi connectivity index (χ4v) is 0.955. The van der Waals surface area contributed by atoms with Crippen molar-refractivity contribution >= 4 is 17.9 Å². The molecule has 1 saturated heterocycles. The van der Waals surface area contributed by atoms with E-state index in [0.29, 0.717) is 26.3 Å². The van der Waals surface area contributed by atoms with Gasteiger partial charge in [-0.1, -0.05) is 12.6 Å². The van der Waals surface area contributed by atoms with Crippen molar-refractivity contribution in [2.75, 3.05) is 26.3 Å². The van der Waals surface area contributed by atoms with Gasteiger partial charge in [-0.2, -0.15) is 0 Å². The second-order valence-electron chi connectivity index (χ2n) is 1.88. The van der Waals surface area contributed by atoms with Gasteiger partial charge in [0.2, 0.25) is 0 Å². The Morgan fingerprint density at radius 2 is 2.00 bits per heavy atom. The number of amides is 1. The Kier molecular flexibility index (Phi) is 2.36. The van der Waals surface area contributed by atoms with E-state index in [9.17, 15) is 4.79 Å². The van der Waals surface area contributed by atoms with Gasteiger partial charge in [-0.3, -0.25) is 4.79 Å². The Balaban J connectivity index is 2.31. The SMILES string of the molecule is O=C(S)N1CCOCC1. The van der Waals surface area contributed by atoms with Crippen LogP contribution in [0.25, 0.3) is 0 Å². The highest BCUT2D eigenvalue weighted by Gasteiger charge is 2.12. The number of carbonyl (C=O) groups excluding carboxylic acids is 1. The second-order valence-corrected chi connectivity index (χ2v) is 2.26. The van der Waals surface area contributed by atoms with E-state index >= 15 is 0 Å². The number of morpholine rings is 1. The maximum absolute atomic E-state index is 10.5. The summed E-state index contributed by atoms with van der Waals surface area (Å²) in [6, 6.07) is 0. The summed E-state index contributed by atoms with van der Waals surface area (Å²) >= 11 is 3.67. The number of rotatable bonds is 0. The Morgan fingerprint density at radius 1 is 1.44 bits per heavy atom. The molecule has 1 aliphatic heterocycles. The molecule has 4 heteroatoms. The van der Waals surface area contributed by atoms with Gasteiger partial charge in [0, 0.05) is 13.1 Å². The van der Waals surface area contributed by atoms with E-state index in [1.165, 1.54) is 0 Å². The first-order valence-corrected chi connectivity index (χ1v) is 3.31. The molecule has 0 spiro atoms. The number of hydrogen-bond donors (Lipinski definition) is 1. The topological polar surface area (TPSA) is 29.5 Å². The van der Waals surface area contributed by atoms with Gasteiger partial charge < -0.3 is 9.64 Å². The summed E-state index contributed by atoms with van der Waals surface area (Å²) in [5.74, 6) is 0. The van der Waals surface area contributed by atoms with Gasteiger partial charge in [-0.05, 0) is 0 Å².